The first-order chi connectivity index (χ1) is 22.7. The van der Waals surface area contributed by atoms with E-state index >= 15 is 0 Å². The van der Waals surface area contributed by atoms with Gasteiger partial charge < -0.3 is 4.74 Å². The van der Waals surface area contributed by atoms with Crippen molar-refractivity contribution in [1.82, 2.24) is 0 Å². The van der Waals surface area contributed by atoms with E-state index in [9.17, 15) is 93.8 Å². The van der Waals surface area contributed by atoms with Gasteiger partial charge in [0.15, 0.2) is 0 Å². The summed E-state index contributed by atoms with van der Waals surface area (Å²) in [6, 6.07) is -3.42. The van der Waals surface area contributed by atoms with E-state index < -0.39 is 114 Å². The maximum Gasteiger partial charge on any atom is 0.460 e. The molecule has 0 aromatic heterocycles. The molecule has 0 aliphatic carbocycles. The number of carbonyl (C=O) groups is 4. The normalized spacial score (nSPS) is 18.1. The molecule has 2 aliphatic heterocycles. The molecule has 0 radical (unpaired) electrons. The van der Waals surface area contributed by atoms with Crippen molar-refractivity contribution in [3.8, 4) is 5.75 Å². The summed E-state index contributed by atoms with van der Waals surface area (Å²) in [5.74, 6) is -63.9. The SMILES string of the molecule is O=C1C(Cl)=C(Cl)C(=O)N1c1cc(OC(F)=C(F)C(F)(F)C(F)(F)C(F)(F)C(F)(F)C(F)(F)C(F)(F)C(F)(F)F)cc(N2C(=O)C(Cl)=C(Cl)C2=O)c1. The van der Waals surface area contributed by atoms with Crippen molar-refractivity contribution < 1.29 is 98.6 Å². The molecule has 2 aliphatic rings. The van der Waals surface area contributed by atoms with Crippen LogP contribution in [-0.2, 0) is 19.2 Å². The van der Waals surface area contributed by atoms with Crippen molar-refractivity contribution in [1.29, 1.82) is 0 Å². The lowest BCUT2D eigenvalue weighted by Gasteiger charge is -2.41. The molecule has 3 rings (SSSR count). The van der Waals surface area contributed by atoms with Crippen LogP contribution in [0.3, 0.4) is 0 Å². The van der Waals surface area contributed by atoms with Crippen LogP contribution in [0.15, 0.2) is 50.2 Å². The standard InChI is InChI=1S/C23H3Cl4F17N2O5/c24-7-8(25)14(48)45(13(7)47)4-1-5(46-15(49)9(26)10(27)16(46)50)3-6(2-4)51-12(29)11(28)17(30,31)18(32,33)19(34,35)20(36,37)21(38,39)22(40,41)23(42,43)44/h1-3H. The highest BCUT2D eigenvalue weighted by Crippen LogP contribution is 2.63. The Morgan fingerprint density at radius 3 is 1.10 bits per heavy atom. The first kappa shape index (κ1) is 41.9. The number of ether oxygens (including phenoxy) is 1. The average Bonchev–Trinajstić information content (AvgIpc) is 3.32. The Bertz CT molecular complexity index is 1720. The van der Waals surface area contributed by atoms with Gasteiger partial charge in [-0.1, -0.05) is 46.4 Å². The summed E-state index contributed by atoms with van der Waals surface area (Å²) in [7, 11) is 0. The highest BCUT2D eigenvalue weighted by Gasteiger charge is 2.94. The summed E-state index contributed by atoms with van der Waals surface area (Å²) in [4.78, 5) is 49.4. The zero-order valence-corrected chi connectivity index (χ0v) is 25.6. The summed E-state index contributed by atoms with van der Waals surface area (Å²) in [6.45, 7) is 0. The number of allylic oxidation sites excluding steroid dienone is 1. The zero-order chi connectivity index (χ0) is 40.0. The minimum Gasteiger partial charge on any atom is -0.429 e. The molecule has 0 fully saturated rings. The van der Waals surface area contributed by atoms with E-state index in [-0.39, 0.29) is 21.9 Å². The van der Waals surface area contributed by atoms with Gasteiger partial charge in [0, 0.05) is 12.1 Å². The predicted octanol–water partition coefficient (Wildman–Crippen LogP) is 8.67. The Hall–Kier alpha value is -3.51. The van der Waals surface area contributed by atoms with Gasteiger partial charge in [0.2, 0.25) is 5.83 Å². The van der Waals surface area contributed by atoms with Crippen molar-refractivity contribution in [2.75, 3.05) is 9.80 Å². The van der Waals surface area contributed by atoms with Gasteiger partial charge in [0.05, 0.1) is 11.4 Å². The quantitative estimate of drug-likeness (QED) is 0.134. The van der Waals surface area contributed by atoms with Gasteiger partial charge in [-0.3, -0.25) is 19.2 Å². The van der Waals surface area contributed by atoms with Gasteiger partial charge in [-0.2, -0.15) is 74.6 Å². The van der Waals surface area contributed by atoms with Crippen molar-refractivity contribution in [2.45, 2.75) is 41.7 Å². The van der Waals surface area contributed by atoms with E-state index in [0.29, 0.717) is 6.07 Å². The Kier molecular flexibility index (Phi) is 10.3. The minimum absolute atomic E-state index is 0.0479. The number of anilines is 2. The van der Waals surface area contributed by atoms with Crippen LogP contribution in [0.4, 0.5) is 86.0 Å². The number of halogens is 21. The van der Waals surface area contributed by atoms with Gasteiger partial charge in [-0.15, -0.1) is 0 Å². The number of amides is 4. The first-order valence-electron chi connectivity index (χ1n) is 11.8. The lowest BCUT2D eigenvalue weighted by Crippen LogP contribution is -2.72. The smallest absolute Gasteiger partial charge is 0.429 e. The maximum atomic E-state index is 14.6. The Labute approximate surface area is 287 Å². The molecule has 0 saturated carbocycles. The van der Waals surface area contributed by atoms with Gasteiger partial charge in [0.25, 0.3) is 23.6 Å². The van der Waals surface area contributed by atoms with Crippen LogP contribution in [-0.4, -0.2) is 65.3 Å². The molecule has 51 heavy (non-hydrogen) atoms. The monoisotopic (exact) mass is 850 g/mol. The molecule has 2 heterocycles. The number of alkyl halides is 15. The topological polar surface area (TPSA) is 84.0 Å². The molecular weight excluding hydrogens is 849 g/mol. The summed E-state index contributed by atoms with van der Waals surface area (Å²) in [5.41, 5.74) is -2.23. The van der Waals surface area contributed by atoms with Crippen LogP contribution in [0.1, 0.15) is 0 Å². The van der Waals surface area contributed by atoms with E-state index in [1.165, 1.54) is 0 Å². The minimum atomic E-state index is -8.83. The maximum absolute atomic E-state index is 14.6. The van der Waals surface area contributed by atoms with E-state index in [0.717, 1.165) is 0 Å². The van der Waals surface area contributed by atoms with E-state index in [4.69, 9.17) is 46.4 Å². The van der Waals surface area contributed by atoms with Crippen LogP contribution >= 0.6 is 46.4 Å². The molecule has 28 heteroatoms. The van der Waals surface area contributed by atoms with Gasteiger partial charge in [-0.05, 0) is 6.07 Å². The third kappa shape index (κ3) is 5.94. The first-order valence-corrected chi connectivity index (χ1v) is 13.3. The second-order valence-corrected chi connectivity index (χ2v) is 11.0. The molecule has 1 aromatic carbocycles. The second kappa shape index (κ2) is 12.6. The number of hydrogen-bond acceptors (Lipinski definition) is 5. The fraction of sp³-hybridized carbons (Fsp3) is 0.304. The van der Waals surface area contributed by atoms with Crippen molar-refractivity contribution >= 4 is 81.4 Å². The fourth-order valence-electron chi connectivity index (χ4n) is 3.68. The zero-order valence-electron chi connectivity index (χ0n) is 22.6. The molecule has 0 atom stereocenters. The van der Waals surface area contributed by atoms with E-state index in [2.05, 4.69) is 4.74 Å². The van der Waals surface area contributed by atoms with Gasteiger partial charge in [0.1, 0.15) is 25.9 Å². The van der Waals surface area contributed by atoms with E-state index in [1.807, 2.05) is 0 Å². The highest BCUT2D eigenvalue weighted by atomic mass is 35.5. The van der Waals surface area contributed by atoms with Crippen molar-refractivity contribution in [3.05, 3.63) is 50.2 Å². The predicted molar refractivity (Wildman–Crippen MR) is 134 cm³/mol. The molecule has 0 N–H and O–H groups in total. The summed E-state index contributed by atoms with van der Waals surface area (Å²) in [5, 5.41) is -4.26. The molecule has 282 valence electrons. The second-order valence-electron chi connectivity index (χ2n) is 9.47. The largest absolute Gasteiger partial charge is 0.460 e. The molecular formula is C23H3Cl4F17N2O5. The molecule has 7 nitrogen and oxygen atoms in total. The van der Waals surface area contributed by atoms with Crippen LogP contribution in [0.2, 0.25) is 0 Å². The number of rotatable bonds is 10. The van der Waals surface area contributed by atoms with Gasteiger partial charge >= 0.3 is 47.7 Å². The van der Waals surface area contributed by atoms with Crippen molar-refractivity contribution in [3.63, 3.8) is 0 Å². The Morgan fingerprint density at radius 2 is 0.784 bits per heavy atom. The van der Waals surface area contributed by atoms with Crippen LogP contribution in [0.5, 0.6) is 5.75 Å². The molecule has 0 spiro atoms. The molecule has 0 bridgehead atoms. The molecule has 1 aromatic rings. The number of benzene rings is 1. The summed E-state index contributed by atoms with van der Waals surface area (Å²) in [6.07, 6.45) is -7.92. The third-order valence-corrected chi connectivity index (χ3v) is 7.92. The number of nitrogens with zero attached hydrogens (tertiary/aromatic N) is 2. The number of carbonyl (C=O) groups excluding carboxylic acids is 4. The lowest BCUT2D eigenvalue weighted by atomic mass is 9.91. The molecule has 4 amide bonds. The Morgan fingerprint density at radius 1 is 0.490 bits per heavy atom. The summed E-state index contributed by atoms with van der Waals surface area (Å²) < 4.78 is 235. The lowest BCUT2D eigenvalue weighted by molar-refractivity contribution is -0.451. The Balaban J connectivity index is 2.17. The fourth-order valence-corrected chi connectivity index (χ4v) is 4.34. The molecule has 0 saturated heterocycles. The van der Waals surface area contributed by atoms with Crippen LogP contribution in [0.25, 0.3) is 0 Å². The van der Waals surface area contributed by atoms with Crippen LogP contribution < -0.4 is 14.5 Å². The number of imide groups is 2. The van der Waals surface area contributed by atoms with E-state index in [1.54, 1.807) is 0 Å². The highest BCUT2D eigenvalue weighted by molar-refractivity contribution is 6.63. The van der Waals surface area contributed by atoms with Gasteiger partial charge in [-0.25, -0.2) is 9.80 Å². The average molecular weight is 852 g/mol. The van der Waals surface area contributed by atoms with Crippen LogP contribution in [0, 0.1) is 0 Å². The van der Waals surface area contributed by atoms with Crippen molar-refractivity contribution in [2.24, 2.45) is 0 Å². The number of hydrogen-bond donors (Lipinski definition) is 0. The molecule has 0 unspecified atom stereocenters. The summed E-state index contributed by atoms with van der Waals surface area (Å²) >= 11 is 22.1. The third-order valence-electron chi connectivity index (χ3n) is 6.32.